The number of aliphatic carboxylic acids is 1. The molecule has 0 spiro atoms. The van der Waals surface area contributed by atoms with Crippen LogP contribution in [0.4, 0.5) is 0 Å². The maximum Gasteiger partial charge on any atom is 0.326 e. The summed E-state index contributed by atoms with van der Waals surface area (Å²) in [4.78, 5) is 41.5. The Bertz CT molecular complexity index is 1400. The molecule has 196 valence electrons. The number of aromatic hydroxyl groups is 1. The molecule has 3 atom stereocenters. The zero-order valence-corrected chi connectivity index (χ0v) is 20.6. The van der Waals surface area contributed by atoms with Gasteiger partial charge in [-0.2, -0.15) is 0 Å². The number of benzene rings is 3. The van der Waals surface area contributed by atoms with Crippen LogP contribution in [0.25, 0.3) is 10.9 Å². The van der Waals surface area contributed by atoms with Crippen LogP contribution in [-0.2, 0) is 33.6 Å². The third-order valence-corrected chi connectivity index (χ3v) is 6.36. The van der Waals surface area contributed by atoms with Crippen molar-refractivity contribution in [3.63, 3.8) is 0 Å². The van der Waals surface area contributed by atoms with Gasteiger partial charge in [0.2, 0.25) is 11.8 Å². The Kier molecular flexibility index (Phi) is 8.40. The minimum atomic E-state index is -1.19. The molecule has 3 aromatic carbocycles. The number of fused-ring (bicyclic) bond motifs is 1. The average Bonchev–Trinajstić information content (AvgIpc) is 3.32. The number of carbonyl (C=O) groups is 3. The first-order valence-corrected chi connectivity index (χ1v) is 12.3. The Morgan fingerprint density at radius 2 is 1.37 bits per heavy atom. The van der Waals surface area contributed by atoms with Crippen LogP contribution < -0.4 is 16.4 Å². The maximum absolute atomic E-state index is 13.3. The van der Waals surface area contributed by atoms with Crippen molar-refractivity contribution in [2.24, 2.45) is 5.73 Å². The first-order chi connectivity index (χ1) is 18.3. The van der Waals surface area contributed by atoms with E-state index in [-0.39, 0.29) is 25.0 Å². The fourth-order valence-corrected chi connectivity index (χ4v) is 4.31. The second-order valence-electron chi connectivity index (χ2n) is 9.19. The van der Waals surface area contributed by atoms with E-state index in [9.17, 15) is 24.6 Å². The van der Waals surface area contributed by atoms with Crippen LogP contribution in [0.1, 0.15) is 16.7 Å². The number of rotatable bonds is 11. The van der Waals surface area contributed by atoms with Gasteiger partial charge >= 0.3 is 5.97 Å². The number of hydrogen-bond donors (Lipinski definition) is 6. The zero-order valence-electron chi connectivity index (χ0n) is 20.6. The van der Waals surface area contributed by atoms with Gasteiger partial charge in [-0.1, -0.05) is 60.7 Å². The Hall–Kier alpha value is -4.63. The van der Waals surface area contributed by atoms with Crippen molar-refractivity contribution >= 4 is 28.7 Å². The van der Waals surface area contributed by atoms with Crippen molar-refractivity contribution in [3.05, 3.63) is 102 Å². The normalized spacial score (nSPS) is 13.4. The molecule has 1 aromatic heterocycles. The molecule has 0 aliphatic heterocycles. The molecule has 4 aromatic rings. The second-order valence-corrected chi connectivity index (χ2v) is 9.19. The zero-order chi connectivity index (χ0) is 27.1. The summed E-state index contributed by atoms with van der Waals surface area (Å²) in [5, 5.41) is 25.6. The predicted molar refractivity (Wildman–Crippen MR) is 143 cm³/mol. The van der Waals surface area contributed by atoms with E-state index in [4.69, 9.17) is 5.73 Å². The van der Waals surface area contributed by atoms with Crippen LogP contribution in [0.3, 0.4) is 0 Å². The number of aromatic amines is 1. The number of hydrogen-bond acceptors (Lipinski definition) is 5. The van der Waals surface area contributed by atoms with Crippen molar-refractivity contribution in [3.8, 4) is 5.75 Å². The topological polar surface area (TPSA) is 158 Å². The van der Waals surface area contributed by atoms with Gasteiger partial charge in [-0.05, 0) is 41.3 Å². The van der Waals surface area contributed by atoms with E-state index in [2.05, 4.69) is 15.6 Å². The molecule has 0 aliphatic rings. The highest BCUT2D eigenvalue weighted by Crippen LogP contribution is 2.19. The number of para-hydroxylation sites is 1. The number of amides is 2. The summed E-state index contributed by atoms with van der Waals surface area (Å²) in [5.74, 6) is -2.31. The Labute approximate surface area is 219 Å². The number of nitrogens with two attached hydrogens (primary N) is 1. The average molecular weight is 515 g/mol. The fourth-order valence-electron chi connectivity index (χ4n) is 4.31. The van der Waals surface area contributed by atoms with Crippen molar-refractivity contribution in [1.82, 2.24) is 15.6 Å². The van der Waals surface area contributed by atoms with Gasteiger partial charge in [0, 0.05) is 29.9 Å². The minimum absolute atomic E-state index is 0.0633. The lowest BCUT2D eigenvalue weighted by Gasteiger charge is -2.23. The largest absolute Gasteiger partial charge is 0.508 e. The maximum atomic E-state index is 13.3. The molecule has 9 nitrogen and oxygen atoms in total. The van der Waals surface area contributed by atoms with Gasteiger partial charge in [-0.25, -0.2) is 4.79 Å². The third-order valence-electron chi connectivity index (χ3n) is 6.36. The smallest absolute Gasteiger partial charge is 0.326 e. The minimum Gasteiger partial charge on any atom is -0.508 e. The summed E-state index contributed by atoms with van der Waals surface area (Å²) in [6.45, 7) is 0. The van der Waals surface area contributed by atoms with Gasteiger partial charge in [0.1, 0.15) is 17.8 Å². The number of nitrogens with one attached hydrogen (secondary N) is 3. The first-order valence-electron chi connectivity index (χ1n) is 12.3. The summed E-state index contributed by atoms with van der Waals surface area (Å²) in [6, 6.07) is 19.6. The van der Waals surface area contributed by atoms with Crippen LogP contribution in [0.15, 0.2) is 85.1 Å². The molecule has 4 rings (SSSR count). The molecule has 7 N–H and O–H groups in total. The number of H-pyrrole nitrogens is 1. The molecule has 1 heterocycles. The Morgan fingerprint density at radius 3 is 2.08 bits per heavy atom. The second kappa shape index (κ2) is 12.1. The molecule has 0 aliphatic carbocycles. The van der Waals surface area contributed by atoms with E-state index in [0.29, 0.717) is 5.56 Å². The van der Waals surface area contributed by atoms with Gasteiger partial charge in [-0.15, -0.1) is 0 Å². The van der Waals surface area contributed by atoms with Crippen molar-refractivity contribution in [2.75, 3.05) is 0 Å². The molecule has 0 bridgehead atoms. The van der Waals surface area contributed by atoms with Crippen LogP contribution in [0, 0.1) is 0 Å². The van der Waals surface area contributed by atoms with Crippen molar-refractivity contribution in [2.45, 2.75) is 37.4 Å². The SMILES string of the molecule is NC(Cc1c[nH]c2ccccc12)C(=O)NC(Cc1ccc(O)cc1)C(=O)NC(Cc1ccccc1)C(=O)O. The van der Waals surface area contributed by atoms with Gasteiger partial charge in [0.15, 0.2) is 0 Å². The van der Waals surface area contributed by atoms with E-state index in [1.54, 1.807) is 42.6 Å². The summed E-state index contributed by atoms with van der Waals surface area (Å²) in [5.41, 5.74) is 9.45. The Morgan fingerprint density at radius 1 is 0.763 bits per heavy atom. The lowest BCUT2D eigenvalue weighted by Crippen LogP contribution is -2.55. The van der Waals surface area contributed by atoms with Gasteiger partial charge in [-0.3, -0.25) is 9.59 Å². The molecule has 0 saturated heterocycles. The molecule has 3 unspecified atom stereocenters. The molecule has 2 amide bonds. The summed E-state index contributed by atoms with van der Waals surface area (Å²) in [6.07, 6.45) is 2.21. The number of phenols is 1. The number of aromatic nitrogens is 1. The van der Waals surface area contributed by atoms with Gasteiger partial charge in [0.05, 0.1) is 6.04 Å². The van der Waals surface area contributed by atoms with Crippen LogP contribution in [-0.4, -0.2) is 51.1 Å². The molecule has 38 heavy (non-hydrogen) atoms. The molecular weight excluding hydrogens is 484 g/mol. The molecule has 9 heteroatoms. The highest BCUT2D eigenvalue weighted by atomic mass is 16.4. The van der Waals surface area contributed by atoms with Crippen LogP contribution in [0.2, 0.25) is 0 Å². The quantitative estimate of drug-likeness (QED) is 0.180. The highest BCUT2D eigenvalue weighted by molar-refractivity contribution is 5.92. The lowest BCUT2D eigenvalue weighted by molar-refractivity contribution is -0.142. The van der Waals surface area contributed by atoms with Gasteiger partial charge in [0.25, 0.3) is 0 Å². The summed E-state index contributed by atoms with van der Waals surface area (Å²) < 4.78 is 0. The van der Waals surface area contributed by atoms with E-state index in [0.717, 1.165) is 22.0 Å². The predicted octanol–water partition coefficient (Wildman–Crippen LogP) is 2.28. The van der Waals surface area contributed by atoms with E-state index in [1.165, 1.54) is 12.1 Å². The molecule has 0 saturated carbocycles. The van der Waals surface area contributed by atoms with Crippen molar-refractivity contribution < 1.29 is 24.6 Å². The number of carboxylic acids is 1. The van der Waals surface area contributed by atoms with E-state index < -0.39 is 35.9 Å². The van der Waals surface area contributed by atoms with E-state index >= 15 is 0 Å². The summed E-state index contributed by atoms with van der Waals surface area (Å²) >= 11 is 0. The highest BCUT2D eigenvalue weighted by Gasteiger charge is 2.28. The van der Waals surface area contributed by atoms with Crippen LogP contribution >= 0.6 is 0 Å². The van der Waals surface area contributed by atoms with Gasteiger partial charge < -0.3 is 31.6 Å². The number of phenolic OH excluding ortho intramolecular Hbond substituents is 1. The molecular formula is C29H30N4O5. The molecule has 0 fully saturated rings. The molecule has 0 radical (unpaired) electrons. The van der Waals surface area contributed by atoms with E-state index in [1.807, 2.05) is 30.3 Å². The van der Waals surface area contributed by atoms with Crippen LogP contribution in [0.5, 0.6) is 5.75 Å². The Balaban J connectivity index is 1.49. The fraction of sp³-hybridized carbons (Fsp3) is 0.207. The number of carboxylic acid groups (broad SMARTS) is 1. The lowest BCUT2D eigenvalue weighted by atomic mass is 10.0. The third kappa shape index (κ3) is 6.77. The summed E-state index contributed by atoms with van der Waals surface area (Å²) in [7, 11) is 0. The number of carbonyl (C=O) groups excluding carboxylic acids is 2. The monoisotopic (exact) mass is 514 g/mol. The van der Waals surface area contributed by atoms with Crippen molar-refractivity contribution in [1.29, 1.82) is 0 Å². The first kappa shape index (κ1) is 26.4. The standard InChI is InChI=1S/C29H30N4O5/c30-23(16-20-17-31-24-9-5-4-8-22(20)24)27(35)32-25(14-19-10-12-21(34)13-11-19)28(36)33-26(29(37)38)15-18-6-2-1-3-7-18/h1-13,17,23,25-26,31,34H,14-16,30H2,(H,32,35)(H,33,36)(H,37,38).